The lowest BCUT2D eigenvalue weighted by molar-refractivity contribution is -0.332. The topological polar surface area (TPSA) is 231 Å². The van der Waals surface area contributed by atoms with E-state index in [9.17, 15) is 45.3 Å². The van der Waals surface area contributed by atoms with Crippen LogP contribution in [0.1, 0.15) is 110 Å². The molecule has 15 nitrogen and oxygen atoms in total. The summed E-state index contributed by atoms with van der Waals surface area (Å²) in [7, 11) is 0. The Morgan fingerprint density at radius 2 is 1.04 bits per heavy atom. The number of ether oxygens (including phenoxy) is 6. The molecule has 2 aliphatic heterocycles. The van der Waals surface area contributed by atoms with E-state index in [1.807, 2.05) is 0 Å². The Hall–Kier alpha value is -1.50. The molecule has 0 aromatic heterocycles. The van der Waals surface area contributed by atoms with Gasteiger partial charge in [0.05, 0.1) is 19.8 Å². The van der Waals surface area contributed by atoms with Crippen LogP contribution in [-0.4, -0.2) is 142 Å². The first-order chi connectivity index (χ1) is 23.5. The van der Waals surface area contributed by atoms with E-state index in [1.165, 1.54) is 32.1 Å². The van der Waals surface area contributed by atoms with Crippen LogP contribution < -0.4 is 0 Å². The van der Waals surface area contributed by atoms with Gasteiger partial charge in [-0.25, -0.2) is 0 Å². The first-order valence-corrected chi connectivity index (χ1v) is 18.1. The van der Waals surface area contributed by atoms with Crippen molar-refractivity contribution in [1.82, 2.24) is 0 Å². The van der Waals surface area contributed by atoms with Crippen LogP contribution in [-0.2, 0) is 38.0 Å². The highest BCUT2D eigenvalue weighted by atomic mass is 16.7. The third kappa shape index (κ3) is 15.7. The van der Waals surface area contributed by atoms with E-state index >= 15 is 0 Å². The Kier molecular flexibility index (Phi) is 22.0. The van der Waals surface area contributed by atoms with E-state index in [-0.39, 0.29) is 26.1 Å². The second kappa shape index (κ2) is 24.6. The fourth-order valence-corrected chi connectivity index (χ4v) is 5.68. The summed E-state index contributed by atoms with van der Waals surface area (Å²) in [6, 6.07) is 0. The first kappa shape index (κ1) is 43.7. The fourth-order valence-electron chi connectivity index (χ4n) is 5.68. The van der Waals surface area contributed by atoms with Crippen molar-refractivity contribution in [1.29, 1.82) is 0 Å². The lowest BCUT2D eigenvalue weighted by Gasteiger charge is -2.42. The summed E-state index contributed by atoms with van der Waals surface area (Å²) in [5, 5.41) is 71.2. The van der Waals surface area contributed by atoms with Gasteiger partial charge in [0.1, 0.15) is 55.4 Å². The molecule has 0 radical (unpaired) electrons. The van der Waals surface area contributed by atoms with Gasteiger partial charge in [-0.1, -0.05) is 84.5 Å². The van der Waals surface area contributed by atoms with Crippen LogP contribution in [0.15, 0.2) is 0 Å². The number of hydrogen-bond acceptors (Lipinski definition) is 15. The molecule has 2 heterocycles. The summed E-state index contributed by atoms with van der Waals surface area (Å²) >= 11 is 0. The summed E-state index contributed by atoms with van der Waals surface area (Å²) in [6.45, 7) is 2.37. The van der Waals surface area contributed by atoms with Gasteiger partial charge in [-0.3, -0.25) is 9.59 Å². The van der Waals surface area contributed by atoms with Gasteiger partial charge in [0.25, 0.3) is 0 Å². The smallest absolute Gasteiger partial charge is 0.306 e. The molecule has 11 atom stereocenters. The second-order valence-electron chi connectivity index (χ2n) is 13.1. The van der Waals surface area contributed by atoms with Crippen LogP contribution in [0.5, 0.6) is 0 Å². The number of carbonyl (C=O) groups is 2. The normalized spacial score (nSPS) is 31.0. The molecular weight excluding hydrogens is 648 g/mol. The molecule has 0 aromatic carbocycles. The molecule has 2 fully saturated rings. The SMILES string of the molecule is CCCCCCCCCCCC(=O)OC(COC(=O)CCCCCC)COC1OC(COC2OC(CO)C(O)C(O)C2O)C(O)C(O)C1O. The van der Waals surface area contributed by atoms with Crippen LogP contribution >= 0.6 is 0 Å². The standard InChI is InChI=1S/C34H62O15/c1-3-5-7-9-10-11-12-13-15-17-26(37)47-22(19-44-25(36)16-14-8-6-4-2)20-45-33-32(43)30(41)28(39)24(49-33)21-46-34-31(42)29(40)27(38)23(18-35)48-34/h22-24,27-35,38-43H,3-21H2,1-2H3. The maximum atomic E-state index is 12.7. The molecule has 0 amide bonds. The van der Waals surface area contributed by atoms with Crippen molar-refractivity contribution < 1.29 is 73.8 Å². The zero-order valence-corrected chi connectivity index (χ0v) is 29.2. The quantitative estimate of drug-likeness (QED) is 0.0517. The van der Waals surface area contributed by atoms with E-state index in [1.54, 1.807) is 0 Å². The van der Waals surface area contributed by atoms with Gasteiger partial charge >= 0.3 is 11.9 Å². The summed E-state index contributed by atoms with van der Waals surface area (Å²) in [4.78, 5) is 25.0. The van der Waals surface area contributed by atoms with Gasteiger partial charge in [-0.05, 0) is 12.8 Å². The number of aliphatic hydroxyl groups is 7. The molecule has 0 saturated carbocycles. The molecule has 288 valence electrons. The molecular formula is C34H62O15. The van der Waals surface area contributed by atoms with E-state index in [4.69, 9.17) is 28.4 Å². The van der Waals surface area contributed by atoms with Crippen LogP contribution in [0, 0.1) is 0 Å². The zero-order chi connectivity index (χ0) is 36.2. The van der Waals surface area contributed by atoms with Gasteiger partial charge in [0.15, 0.2) is 18.7 Å². The average Bonchev–Trinajstić information content (AvgIpc) is 3.09. The third-order valence-corrected chi connectivity index (χ3v) is 8.84. The minimum atomic E-state index is -1.75. The zero-order valence-electron chi connectivity index (χ0n) is 29.2. The number of rotatable bonds is 25. The number of hydrogen-bond donors (Lipinski definition) is 7. The Labute approximate surface area is 289 Å². The Morgan fingerprint density at radius 1 is 0.571 bits per heavy atom. The monoisotopic (exact) mass is 710 g/mol. The highest BCUT2D eigenvalue weighted by Gasteiger charge is 2.47. The van der Waals surface area contributed by atoms with E-state index in [2.05, 4.69) is 13.8 Å². The second-order valence-corrected chi connectivity index (χ2v) is 13.1. The van der Waals surface area contributed by atoms with Crippen molar-refractivity contribution in [3.8, 4) is 0 Å². The first-order valence-electron chi connectivity index (χ1n) is 18.1. The molecule has 0 spiro atoms. The summed E-state index contributed by atoms with van der Waals surface area (Å²) in [5.74, 6) is -0.948. The van der Waals surface area contributed by atoms with Crippen molar-refractivity contribution in [2.75, 3.05) is 26.4 Å². The van der Waals surface area contributed by atoms with Crippen molar-refractivity contribution >= 4 is 11.9 Å². The van der Waals surface area contributed by atoms with E-state index < -0.39 is 92.7 Å². The van der Waals surface area contributed by atoms with Gasteiger partial charge in [-0.2, -0.15) is 0 Å². The minimum absolute atomic E-state index is 0.169. The molecule has 0 aliphatic carbocycles. The Balaban J connectivity index is 1.93. The van der Waals surface area contributed by atoms with E-state index in [0.717, 1.165) is 38.5 Å². The van der Waals surface area contributed by atoms with Crippen LogP contribution in [0.2, 0.25) is 0 Å². The Bertz CT molecular complexity index is 892. The van der Waals surface area contributed by atoms with Crippen molar-refractivity contribution in [2.24, 2.45) is 0 Å². The fraction of sp³-hybridized carbons (Fsp3) is 0.941. The maximum absolute atomic E-state index is 12.7. The number of aliphatic hydroxyl groups excluding tert-OH is 7. The predicted octanol–water partition coefficient (Wildman–Crippen LogP) is 0.973. The molecule has 7 N–H and O–H groups in total. The van der Waals surface area contributed by atoms with E-state index in [0.29, 0.717) is 12.8 Å². The van der Waals surface area contributed by atoms with Gasteiger partial charge < -0.3 is 64.2 Å². The van der Waals surface area contributed by atoms with Crippen LogP contribution in [0.4, 0.5) is 0 Å². The van der Waals surface area contributed by atoms with Crippen molar-refractivity contribution in [3.05, 3.63) is 0 Å². The summed E-state index contributed by atoms with van der Waals surface area (Å²) in [6.07, 6.45) is -3.11. The maximum Gasteiger partial charge on any atom is 0.306 e. The predicted molar refractivity (Wildman–Crippen MR) is 174 cm³/mol. The summed E-state index contributed by atoms with van der Waals surface area (Å²) in [5.41, 5.74) is 0. The number of unbranched alkanes of at least 4 members (excludes halogenated alkanes) is 11. The highest BCUT2D eigenvalue weighted by molar-refractivity contribution is 5.70. The molecule has 0 aromatic rings. The molecule has 49 heavy (non-hydrogen) atoms. The van der Waals surface area contributed by atoms with Gasteiger partial charge in [-0.15, -0.1) is 0 Å². The molecule has 11 unspecified atom stereocenters. The van der Waals surface area contributed by atoms with Crippen LogP contribution in [0.25, 0.3) is 0 Å². The summed E-state index contributed by atoms with van der Waals surface area (Å²) < 4.78 is 33.0. The molecule has 2 rings (SSSR count). The third-order valence-electron chi connectivity index (χ3n) is 8.84. The molecule has 2 aliphatic rings. The van der Waals surface area contributed by atoms with Crippen molar-refractivity contribution in [3.63, 3.8) is 0 Å². The molecule has 15 heteroatoms. The lowest BCUT2D eigenvalue weighted by atomic mass is 9.98. The molecule has 2 saturated heterocycles. The largest absolute Gasteiger partial charge is 0.462 e. The number of carbonyl (C=O) groups excluding carboxylic acids is 2. The van der Waals surface area contributed by atoms with Gasteiger partial charge in [0, 0.05) is 12.8 Å². The lowest BCUT2D eigenvalue weighted by Crippen LogP contribution is -2.61. The number of esters is 2. The highest BCUT2D eigenvalue weighted by Crippen LogP contribution is 2.26. The van der Waals surface area contributed by atoms with Crippen LogP contribution in [0.3, 0.4) is 0 Å². The Morgan fingerprint density at radius 3 is 1.61 bits per heavy atom. The van der Waals surface area contributed by atoms with Crippen molar-refractivity contribution in [2.45, 2.75) is 178 Å². The average molecular weight is 711 g/mol. The minimum Gasteiger partial charge on any atom is -0.462 e. The van der Waals surface area contributed by atoms with Gasteiger partial charge in [0.2, 0.25) is 0 Å². The molecule has 0 bridgehead atoms.